The molecule has 0 amide bonds. The lowest BCUT2D eigenvalue weighted by Gasteiger charge is -2.12. The highest BCUT2D eigenvalue weighted by atomic mass is 28.2. The maximum atomic E-state index is 5.44. The van der Waals surface area contributed by atoms with E-state index in [1.54, 1.807) is 14.2 Å². The Morgan fingerprint density at radius 2 is 1.69 bits per heavy atom. The summed E-state index contributed by atoms with van der Waals surface area (Å²) in [6, 6.07) is 0. The summed E-state index contributed by atoms with van der Waals surface area (Å²) in [5, 5.41) is 0. The predicted molar refractivity (Wildman–Crippen MR) is 70.2 cm³/mol. The largest absolute Gasteiger partial charge is 0.419 e. The van der Waals surface area contributed by atoms with Gasteiger partial charge in [0.2, 0.25) is 0 Å². The van der Waals surface area contributed by atoms with Crippen molar-refractivity contribution < 1.29 is 13.9 Å². The van der Waals surface area contributed by atoms with Crippen LogP contribution in [0.5, 0.6) is 0 Å². The summed E-state index contributed by atoms with van der Waals surface area (Å²) in [4.78, 5) is 0. The number of hydrogen-bond acceptors (Lipinski definition) is 3. The van der Waals surface area contributed by atoms with Crippen molar-refractivity contribution in [1.29, 1.82) is 0 Å². The molecule has 3 nitrogen and oxygen atoms in total. The van der Waals surface area contributed by atoms with Gasteiger partial charge in [-0.15, -0.1) is 6.58 Å². The van der Waals surface area contributed by atoms with Crippen molar-refractivity contribution >= 4 is 9.76 Å². The first kappa shape index (κ1) is 15.8. The van der Waals surface area contributed by atoms with E-state index in [-0.39, 0.29) is 6.29 Å². The molecule has 0 atom stereocenters. The van der Waals surface area contributed by atoms with Crippen LogP contribution in [0.25, 0.3) is 0 Å². The number of hydrogen-bond donors (Lipinski definition) is 0. The molecule has 0 saturated heterocycles. The fourth-order valence-corrected chi connectivity index (χ4v) is 2.08. The highest BCUT2D eigenvalue weighted by molar-refractivity contribution is 6.33. The molecular formula is C12H26O3Si. The van der Waals surface area contributed by atoms with Gasteiger partial charge in [-0.2, -0.15) is 0 Å². The third-order valence-electron chi connectivity index (χ3n) is 2.49. The zero-order valence-electron chi connectivity index (χ0n) is 10.7. The molecule has 0 heterocycles. The van der Waals surface area contributed by atoms with Gasteiger partial charge < -0.3 is 13.9 Å². The zero-order valence-corrected chi connectivity index (χ0v) is 12.2. The zero-order chi connectivity index (χ0) is 12.1. The molecule has 16 heavy (non-hydrogen) atoms. The molecular weight excluding hydrogens is 220 g/mol. The van der Waals surface area contributed by atoms with Crippen LogP contribution in [0.15, 0.2) is 12.3 Å². The van der Waals surface area contributed by atoms with E-state index in [4.69, 9.17) is 13.9 Å². The van der Waals surface area contributed by atoms with Crippen LogP contribution in [0.3, 0.4) is 0 Å². The minimum absolute atomic E-state index is 0.0260. The van der Waals surface area contributed by atoms with Gasteiger partial charge in [-0.05, 0) is 19.3 Å². The van der Waals surface area contributed by atoms with E-state index >= 15 is 0 Å². The van der Waals surface area contributed by atoms with Crippen molar-refractivity contribution in [3.05, 3.63) is 12.3 Å². The van der Waals surface area contributed by atoms with E-state index < -0.39 is 9.76 Å². The van der Waals surface area contributed by atoms with Crippen LogP contribution >= 0.6 is 0 Å². The third-order valence-corrected chi connectivity index (χ3v) is 3.25. The molecule has 0 aromatic heterocycles. The number of rotatable bonds is 12. The van der Waals surface area contributed by atoms with E-state index in [2.05, 4.69) is 6.58 Å². The molecule has 0 aliphatic carbocycles. The van der Waals surface area contributed by atoms with Gasteiger partial charge in [0.05, 0.1) is 0 Å². The molecule has 0 aliphatic heterocycles. The number of unbranched alkanes of at least 4 members (excludes halogenated alkanes) is 4. The molecule has 0 saturated carbocycles. The van der Waals surface area contributed by atoms with Crippen LogP contribution in [0.1, 0.15) is 38.5 Å². The molecule has 4 heteroatoms. The highest BCUT2D eigenvalue weighted by Gasteiger charge is 2.03. The van der Waals surface area contributed by atoms with Gasteiger partial charge in [-0.1, -0.05) is 25.0 Å². The monoisotopic (exact) mass is 246 g/mol. The summed E-state index contributed by atoms with van der Waals surface area (Å²) in [5.41, 5.74) is 1.93. The Balaban J connectivity index is 3.06. The normalized spacial score (nSPS) is 11.7. The van der Waals surface area contributed by atoms with Crippen molar-refractivity contribution in [3.63, 3.8) is 0 Å². The predicted octanol–water partition coefficient (Wildman–Crippen LogP) is 2.19. The molecule has 0 aliphatic rings. The van der Waals surface area contributed by atoms with Crippen molar-refractivity contribution in [1.82, 2.24) is 0 Å². The first-order valence-corrected chi connectivity index (χ1v) is 7.48. The molecule has 0 N–H and O–H groups in total. The lowest BCUT2D eigenvalue weighted by atomic mass is 10.1. The Morgan fingerprint density at radius 3 is 2.31 bits per heavy atom. The minimum Gasteiger partial charge on any atom is -0.419 e. The summed E-state index contributed by atoms with van der Waals surface area (Å²) in [5.74, 6) is 0. The van der Waals surface area contributed by atoms with Gasteiger partial charge in [0, 0.05) is 20.8 Å². The molecule has 96 valence electrons. The molecule has 0 fully saturated rings. The summed E-state index contributed by atoms with van der Waals surface area (Å²) >= 11 is 0. The van der Waals surface area contributed by atoms with Crippen LogP contribution in [0.2, 0.25) is 0 Å². The first-order valence-electron chi connectivity index (χ1n) is 6.09. The second kappa shape index (κ2) is 12.9. The summed E-state index contributed by atoms with van der Waals surface area (Å²) in [7, 11) is 2.97. The first-order chi connectivity index (χ1) is 7.85. The van der Waals surface area contributed by atoms with E-state index in [9.17, 15) is 0 Å². The number of methoxy groups -OCH3 is 2. The Bertz CT molecular complexity index is 149. The topological polar surface area (TPSA) is 27.7 Å². The van der Waals surface area contributed by atoms with Crippen LogP contribution in [-0.2, 0) is 13.9 Å². The van der Waals surface area contributed by atoms with Crippen molar-refractivity contribution in [2.45, 2.75) is 44.8 Å². The Kier molecular flexibility index (Phi) is 12.8. The molecule has 0 aromatic carbocycles. The fraction of sp³-hybridized carbons (Fsp3) is 0.833. The van der Waals surface area contributed by atoms with Crippen molar-refractivity contribution in [2.24, 2.45) is 0 Å². The lowest BCUT2D eigenvalue weighted by molar-refractivity contribution is -0.107. The fourth-order valence-electron chi connectivity index (χ4n) is 1.54. The number of ether oxygens (including phenoxy) is 2. The molecule has 0 aromatic rings. The Morgan fingerprint density at radius 1 is 1.06 bits per heavy atom. The van der Waals surface area contributed by atoms with Gasteiger partial charge in [0.15, 0.2) is 16.1 Å². The van der Waals surface area contributed by atoms with E-state index in [0.29, 0.717) is 0 Å². The smallest absolute Gasteiger partial charge is 0.184 e. The average molecular weight is 246 g/mol. The van der Waals surface area contributed by atoms with Crippen LogP contribution in [0, 0.1) is 0 Å². The highest BCUT2D eigenvalue weighted by Crippen LogP contribution is 2.09. The molecule has 0 rings (SSSR count). The molecule has 0 spiro atoms. The minimum atomic E-state index is -0.409. The van der Waals surface area contributed by atoms with Crippen molar-refractivity contribution in [3.8, 4) is 0 Å². The van der Waals surface area contributed by atoms with Crippen LogP contribution in [0.4, 0.5) is 0 Å². The Labute approximate surface area is 102 Å². The van der Waals surface area contributed by atoms with Gasteiger partial charge >= 0.3 is 0 Å². The van der Waals surface area contributed by atoms with Crippen LogP contribution in [-0.4, -0.2) is 36.9 Å². The quantitative estimate of drug-likeness (QED) is 0.300. The van der Waals surface area contributed by atoms with Gasteiger partial charge in [0.25, 0.3) is 0 Å². The lowest BCUT2D eigenvalue weighted by Crippen LogP contribution is -2.12. The second-order valence-electron chi connectivity index (χ2n) is 3.82. The van der Waals surface area contributed by atoms with E-state index in [0.717, 1.165) is 13.0 Å². The van der Waals surface area contributed by atoms with E-state index in [1.807, 2.05) is 5.70 Å². The molecule has 0 bridgehead atoms. The molecule has 0 unspecified atom stereocenters. The van der Waals surface area contributed by atoms with Crippen molar-refractivity contribution in [2.75, 3.05) is 20.8 Å². The SMILES string of the molecule is C=C[SiH2]OCCCCCCCC(OC)OC. The summed E-state index contributed by atoms with van der Waals surface area (Å²) < 4.78 is 15.7. The van der Waals surface area contributed by atoms with Gasteiger partial charge in [-0.3, -0.25) is 0 Å². The standard InChI is InChI=1S/C12H26O3Si/c1-4-16-15-11-9-7-5-6-8-10-12(13-2)14-3/h4,12H,1,5-11,16H2,2-3H3. The third kappa shape index (κ3) is 10.4. The Hall–Kier alpha value is -0.163. The van der Waals surface area contributed by atoms with Gasteiger partial charge in [0.1, 0.15) is 0 Å². The second-order valence-corrected chi connectivity index (χ2v) is 5.14. The molecule has 0 radical (unpaired) electrons. The van der Waals surface area contributed by atoms with Gasteiger partial charge in [-0.25, -0.2) is 0 Å². The summed E-state index contributed by atoms with van der Waals surface area (Å²) in [6.45, 7) is 4.58. The maximum Gasteiger partial charge on any atom is 0.184 e. The van der Waals surface area contributed by atoms with Crippen LogP contribution < -0.4 is 0 Å². The summed E-state index contributed by atoms with van der Waals surface area (Å²) in [6.07, 6.45) is 7.11. The van der Waals surface area contributed by atoms with E-state index in [1.165, 1.54) is 32.1 Å². The average Bonchev–Trinajstić information content (AvgIpc) is 2.32. The maximum absolute atomic E-state index is 5.44.